The maximum Gasteiger partial charge on any atom is 0.0521 e. The summed E-state index contributed by atoms with van der Waals surface area (Å²) in [5, 5.41) is 4.31. The van der Waals surface area contributed by atoms with Crippen LogP contribution in [0.5, 0.6) is 0 Å². The lowest BCUT2D eigenvalue weighted by atomic mass is 9.97. The Morgan fingerprint density at radius 2 is 2.45 bits per heavy atom. The standard InChI is InChI=1S/C9H14N2/c1-7-3-4-11-9(5-7)8(2)6-10-11/h6-7H,3-5H2,1-2H3. The Morgan fingerprint density at radius 3 is 3.27 bits per heavy atom. The van der Waals surface area contributed by atoms with E-state index in [1.165, 1.54) is 24.1 Å². The van der Waals surface area contributed by atoms with Gasteiger partial charge >= 0.3 is 0 Å². The number of aryl methyl sites for hydroxylation is 2. The molecule has 0 fully saturated rings. The molecule has 0 radical (unpaired) electrons. The van der Waals surface area contributed by atoms with E-state index in [9.17, 15) is 0 Å². The summed E-state index contributed by atoms with van der Waals surface area (Å²) in [5.74, 6) is 0.845. The molecule has 0 aromatic carbocycles. The highest BCUT2D eigenvalue weighted by molar-refractivity contribution is 5.17. The van der Waals surface area contributed by atoms with Gasteiger partial charge in [0.1, 0.15) is 0 Å². The molecule has 2 heteroatoms. The van der Waals surface area contributed by atoms with Crippen LogP contribution in [-0.2, 0) is 13.0 Å². The first-order chi connectivity index (χ1) is 5.27. The third kappa shape index (κ3) is 1.06. The fourth-order valence-electron chi connectivity index (χ4n) is 1.74. The van der Waals surface area contributed by atoms with Crippen LogP contribution < -0.4 is 0 Å². The van der Waals surface area contributed by atoms with Crippen molar-refractivity contribution in [3.8, 4) is 0 Å². The van der Waals surface area contributed by atoms with Crippen molar-refractivity contribution in [2.75, 3.05) is 0 Å². The van der Waals surface area contributed by atoms with Crippen molar-refractivity contribution in [3.63, 3.8) is 0 Å². The minimum Gasteiger partial charge on any atom is -0.269 e. The van der Waals surface area contributed by atoms with Crippen molar-refractivity contribution >= 4 is 0 Å². The zero-order valence-corrected chi connectivity index (χ0v) is 7.17. The zero-order valence-electron chi connectivity index (χ0n) is 7.17. The van der Waals surface area contributed by atoms with Gasteiger partial charge in [0.25, 0.3) is 0 Å². The van der Waals surface area contributed by atoms with Crippen molar-refractivity contribution in [1.82, 2.24) is 9.78 Å². The summed E-state index contributed by atoms with van der Waals surface area (Å²) in [6, 6.07) is 0. The molecule has 1 aromatic heterocycles. The lowest BCUT2D eigenvalue weighted by Crippen LogP contribution is -2.18. The van der Waals surface area contributed by atoms with Gasteiger partial charge in [-0.05, 0) is 31.2 Å². The van der Waals surface area contributed by atoms with Crippen molar-refractivity contribution in [1.29, 1.82) is 0 Å². The Morgan fingerprint density at radius 1 is 1.64 bits per heavy atom. The van der Waals surface area contributed by atoms with Gasteiger partial charge in [-0.15, -0.1) is 0 Å². The molecule has 1 aliphatic rings. The van der Waals surface area contributed by atoms with Crippen LogP contribution in [0.25, 0.3) is 0 Å². The largest absolute Gasteiger partial charge is 0.269 e. The van der Waals surface area contributed by atoms with Crippen LogP contribution in [0, 0.1) is 12.8 Å². The Labute approximate surface area is 67.2 Å². The lowest BCUT2D eigenvalue weighted by molar-refractivity contribution is 0.390. The third-order valence-electron chi connectivity index (χ3n) is 2.53. The molecule has 0 bridgehead atoms. The molecule has 0 spiro atoms. The van der Waals surface area contributed by atoms with E-state index in [0.717, 1.165) is 12.5 Å². The predicted molar refractivity (Wildman–Crippen MR) is 44.4 cm³/mol. The number of nitrogens with zero attached hydrogens (tertiary/aromatic N) is 2. The van der Waals surface area contributed by atoms with Crippen LogP contribution >= 0.6 is 0 Å². The van der Waals surface area contributed by atoms with E-state index in [4.69, 9.17) is 0 Å². The fourth-order valence-corrected chi connectivity index (χ4v) is 1.74. The maximum absolute atomic E-state index is 4.31. The number of hydrogen-bond acceptors (Lipinski definition) is 1. The SMILES string of the molecule is Cc1cnn2c1CC(C)CC2. The molecule has 0 amide bonds. The summed E-state index contributed by atoms with van der Waals surface area (Å²) >= 11 is 0. The molecular weight excluding hydrogens is 136 g/mol. The van der Waals surface area contributed by atoms with E-state index in [1.54, 1.807) is 0 Å². The fraction of sp³-hybridized carbons (Fsp3) is 0.667. The number of aromatic nitrogens is 2. The van der Waals surface area contributed by atoms with Crippen LogP contribution in [-0.4, -0.2) is 9.78 Å². The second kappa shape index (κ2) is 2.36. The van der Waals surface area contributed by atoms with Crippen molar-refractivity contribution in [2.24, 2.45) is 5.92 Å². The van der Waals surface area contributed by atoms with E-state index in [2.05, 4.69) is 23.6 Å². The minimum atomic E-state index is 0.845. The lowest BCUT2D eigenvalue weighted by Gasteiger charge is -2.20. The van der Waals surface area contributed by atoms with Gasteiger partial charge in [0, 0.05) is 12.2 Å². The van der Waals surface area contributed by atoms with Gasteiger partial charge in [0.15, 0.2) is 0 Å². The smallest absolute Gasteiger partial charge is 0.0521 e. The first-order valence-corrected chi connectivity index (χ1v) is 4.28. The summed E-state index contributed by atoms with van der Waals surface area (Å²) < 4.78 is 2.15. The topological polar surface area (TPSA) is 17.8 Å². The quantitative estimate of drug-likeness (QED) is 0.551. The molecule has 2 rings (SSSR count). The molecule has 0 N–H and O–H groups in total. The molecule has 1 unspecified atom stereocenters. The number of hydrogen-bond donors (Lipinski definition) is 0. The van der Waals surface area contributed by atoms with Crippen molar-refractivity contribution in [3.05, 3.63) is 17.5 Å². The molecular formula is C9H14N2. The summed E-state index contributed by atoms with van der Waals surface area (Å²) in [7, 11) is 0. The number of fused-ring (bicyclic) bond motifs is 1. The predicted octanol–water partition coefficient (Wildman–Crippen LogP) is 1.77. The van der Waals surface area contributed by atoms with Gasteiger partial charge in [0.05, 0.1) is 6.20 Å². The van der Waals surface area contributed by atoms with Crippen molar-refractivity contribution in [2.45, 2.75) is 33.2 Å². The van der Waals surface area contributed by atoms with Crippen LogP contribution in [0.15, 0.2) is 6.20 Å². The normalized spacial score (nSPS) is 23.3. The molecule has 2 nitrogen and oxygen atoms in total. The average molecular weight is 150 g/mol. The summed E-state index contributed by atoms with van der Waals surface area (Å²) in [6.45, 7) is 5.58. The van der Waals surface area contributed by atoms with E-state index < -0.39 is 0 Å². The highest BCUT2D eigenvalue weighted by Crippen LogP contribution is 2.21. The molecule has 0 aliphatic carbocycles. The molecule has 1 aromatic rings. The highest BCUT2D eigenvalue weighted by Gasteiger charge is 2.16. The van der Waals surface area contributed by atoms with Crippen LogP contribution in [0.3, 0.4) is 0 Å². The average Bonchev–Trinajstić information content (AvgIpc) is 2.33. The summed E-state index contributed by atoms with van der Waals surface area (Å²) in [4.78, 5) is 0. The first-order valence-electron chi connectivity index (χ1n) is 4.28. The van der Waals surface area contributed by atoms with E-state index in [-0.39, 0.29) is 0 Å². The van der Waals surface area contributed by atoms with E-state index in [0.29, 0.717) is 0 Å². The van der Waals surface area contributed by atoms with Gasteiger partial charge < -0.3 is 0 Å². The van der Waals surface area contributed by atoms with Crippen LogP contribution in [0.1, 0.15) is 24.6 Å². The second-order valence-corrected chi connectivity index (χ2v) is 3.60. The Balaban J connectivity index is 2.37. The Bertz CT molecular complexity index is 263. The molecule has 0 saturated heterocycles. The van der Waals surface area contributed by atoms with Crippen LogP contribution in [0.2, 0.25) is 0 Å². The van der Waals surface area contributed by atoms with Gasteiger partial charge in [-0.3, -0.25) is 4.68 Å². The molecule has 1 aliphatic heterocycles. The molecule has 60 valence electrons. The summed E-state index contributed by atoms with van der Waals surface area (Å²) in [5.41, 5.74) is 2.81. The minimum absolute atomic E-state index is 0.845. The first kappa shape index (κ1) is 6.89. The third-order valence-corrected chi connectivity index (χ3v) is 2.53. The van der Waals surface area contributed by atoms with E-state index in [1.807, 2.05) is 6.20 Å². The number of rotatable bonds is 0. The second-order valence-electron chi connectivity index (χ2n) is 3.60. The highest BCUT2D eigenvalue weighted by atomic mass is 15.3. The van der Waals surface area contributed by atoms with E-state index >= 15 is 0 Å². The maximum atomic E-state index is 4.31. The zero-order chi connectivity index (χ0) is 7.84. The summed E-state index contributed by atoms with van der Waals surface area (Å²) in [6.07, 6.45) is 4.48. The van der Waals surface area contributed by atoms with Gasteiger partial charge in [-0.25, -0.2) is 0 Å². The van der Waals surface area contributed by atoms with Gasteiger partial charge in [0.2, 0.25) is 0 Å². The van der Waals surface area contributed by atoms with Crippen LogP contribution in [0.4, 0.5) is 0 Å². The molecule has 11 heavy (non-hydrogen) atoms. The molecule has 1 atom stereocenters. The molecule has 2 heterocycles. The Hall–Kier alpha value is -0.790. The monoisotopic (exact) mass is 150 g/mol. The van der Waals surface area contributed by atoms with Crippen molar-refractivity contribution < 1.29 is 0 Å². The van der Waals surface area contributed by atoms with Gasteiger partial charge in [-0.2, -0.15) is 5.10 Å². The van der Waals surface area contributed by atoms with Gasteiger partial charge in [-0.1, -0.05) is 6.92 Å². The Kier molecular flexibility index (Phi) is 1.48. The molecule has 0 saturated carbocycles.